The first-order valence-electron chi connectivity index (χ1n) is 8.65. The maximum absolute atomic E-state index is 13.3. The van der Waals surface area contributed by atoms with Crippen LogP contribution in [0.4, 0.5) is 5.69 Å². The number of hydrogen-bond donors (Lipinski definition) is 1. The molecule has 0 unspecified atom stereocenters. The zero-order valence-electron chi connectivity index (χ0n) is 14.0. The normalized spacial score (nSPS) is 13.3. The lowest BCUT2D eigenvalue weighted by atomic mass is 9.95. The van der Waals surface area contributed by atoms with Gasteiger partial charge in [-0.1, -0.05) is 24.3 Å². The lowest BCUT2D eigenvalue weighted by Gasteiger charge is -2.23. The highest BCUT2D eigenvalue weighted by molar-refractivity contribution is 6.05. The van der Waals surface area contributed by atoms with E-state index in [1.807, 2.05) is 42.5 Å². The van der Waals surface area contributed by atoms with Crippen LogP contribution in [0.15, 0.2) is 54.9 Å². The van der Waals surface area contributed by atoms with Crippen LogP contribution in [0.2, 0.25) is 0 Å². The third-order valence-electron chi connectivity index (χ3n) is 4.64. The van der Waals surface area contributed by atoms with Crippen LogP contribution in [0.5, 0.6) is 0 Å². The van der Waals surface area contributed by atoms with Crippen LogP contribution in [0.3, 0.4) is 0 Å². The minimum Gasteiger partial charge on any atom is -0.302 e. The molecule has 0 saturated carbocycles. The van der Waals surface area contributed by atoms with Crippen LogP contribution in [0.1, 0.15) is 40.2 Å². The summed E-state index contributed by atoms with van der Waals surface area (Å²) < 4.78 is 0. The number of fused-ring (bicyclic) bond motifs is 1. The Bertz CT molecular complexity index is 858. The van der Waals surface area contributed by atoms with Crippen molar-refractivity contribution in [1.82, 2.24) is 15.2 Å². The minimum atomic E-state index is -0.0607. The molecule has 5 heteroatoms. The molecule has 5 nitrogen and oxygen atoms in total. The molecule has 0 radical (unpaired) electrons. The fourth-order valence-corrected chi connectivity index (χ4v) is 3.35. The lowest BCUT2D eigenvalue weighted by molar-refractivity contribution is 0.0979. The number of aromatic amines is 1. The van der Waals surface area contributed by atoms with Crippen LogP contribution >= 0.6 is 0 Å². The second-order valence-electron chi connectivity index (χ2n) is 6.32. The van der Waals surface area contributed by atoms with E-state index in [2.05, 4.69) is 15.2 Å². The molecule has 0 aliphatic heterocycles. The Kier molecular flexibility index (Phi) is 4.29. The standard InChI is InChI=1S/C20H20N4O/c25-20(19-17-10-4-5-11-18(17)22-23-19)24(16-8-2-1-3-9-16)14-15-7-6-12-21-13-15/h1-3,6-9,12-13H,4-5,10-11,14H2,(H,22,23). The summed E-state index contributed by atoms with van der Waals surface area (Å²) in [6, 6.07) is 13.6. The molecule has 0 bridgehead atoms. The monoisotopic (exact) mass is 332 g/mol. The van der Waals surface area contributed by atoms with Crippen molar-refractivity contribution in [2.45, 2.75) is 32.2 Å². The number of anilines is 1. The number of amides is 1. The van der Waals surface area contributed by atoms with Gasteiger partial charge in [0.1, 0.15) is 0 Å². The molecule has 4 rings (SSSR count). The summed E-state index contributed by atoms with van der Waals surface area (Å²) in [4.78, 5) is 19.2. The average molecular weight is 332 g/mol. The van der Waals surface area contributed by atoms with Crippen LogP contribution in [0.25, 0.3) is 0 Å². The lowest BCUT2D eigenvalue weighted by Crippen LogP contribution is -2.31. The molecule has 1 N–H and O–H groups in total. The molecular formula is C20H20N4O. The van der Waals surface area contributed by atoms with Gasteiger partial charge >= 0.3 is 0 Å². The Balaban J connectivity index is 1.70. The van der Waals surface area contributed by atoms with Crippen LogP contribution in [-0.2, 0) is 19.4 Å². The van der Waals surface area contributed by atoms with Crippen molar-refractivity contribution >= 4 is 11.6 Å². The predicted octanol–water partition coefficient (Wildman–Crippen LogP) is 3.53. The number of H-pyrrole nitrogens is 1. The zero-order chi connectivity index (χ0) is 17.1. The molecule has 2 heterocycles. The molecule has 1 aliphatic rings. The SMILES string of the molecule is O=C(c1n[nH]c2c1CCCC2)N(Cc1cccnc1)c1ccccc1. The number of benzene rings is 1. The summed E-state index contributed by atoms with van der Waals surface area (Å²) in [6.07, 6.45) is 7.69. The van der Waals surface area contributed by atoms with Crippen molar-refractivity contribution < 1.29 is 4.79 Å². The van der Waals surface area contributed by atoms with Gasteiger partial charge in [0.05, 0.1) is 6.54 Å². The van der Waals surface area contributed by atoms with E-state index >= 15 is 0 Å². The average Bonchev–Trinajstić information content (AvgIpc) is 3.11. The number of aryl methyl sites for hydroxylation is 1. The summed E-state index contributed by atoms with van der Waals surface area (Å²) in [5, 5.41) is 7.42. The number of pyridine rings is 1. The third kappa shape index (κ3) is 3.18. The molecule has 126 valence electrons. The van der Waals surface area contributed by atoms with Crippen molar-refractivity contribution in [1.29, 1.82) is 0 Å². The molecular weight excluding hydrogens is 312 g/mol. The molecule has 0 atom stereocenters. The van der Waals surface area contributed by atoms with E-state index in [1.54, 1.807) is 17.3 Å². The van der Waals surface area contributed by atoms with E-state index in [0.717, 1.165) is 48.2 Å². The van der Waals surface area contributed by atoms with Crippen molar-refractivity contribution in [2.24, 2.45) is 0 Å². The molecule has 0 fully saturated rings. The smallest absolute Gasteiger partial charge is 0.279 e. The van der Waals surface area contributed by atoms with E-state index in [4.69, 9.17) is 0 Å². The van der Waals surface area contributed by atoms with E-state index in [1.165, 1.54) is 0 Å². The van der Waals surface area contributed by atoms with E-state index in [-0.39, 0.29) is 5.91 Å². The first-order chi connectivity index (χ1) is 12.3. The number of rotatable bonds is 4. The fraction of sp³-hybridized carbons (Fsp3) is 0.250. The Labute approximate surface area is 146 Å². The topological polar surface area (TPSA) is 61.9 Å². The van der Waals surface area contributed by atoms with Gasteiger partial charge in [0.2, 0.25) is 0 Å². The summed E-state index contributed by atoms with van der Waals surface area (Å²) in [7, 11) is 0. The number of aromatic nitrogens is 3. The van der Waals surface area contributed by atoms with Crippen LogP contribution < -0.4 is 4.90 Å². The first kappa shape index (κ1) is 15.6. The van der Waals surface area contributed by atoms with Crippen LogP contribution in [0, 0.1) is 0 Å². The number of hydrogen-bond acceptors (Lipinski definition) is 3. The van der Waals surface area contributed by atoms with Gasteiger partial charge in [0.15, 0.2) is 5.69 Å². The van der Waals surface area contributed by atoms with Crippen molar-refractivity contribution in [3.63, 3.8) is 0 Å². The second kappa shape index (κ2) is 6.89. The Morgan fingerprint density at radius 3 is 2.72 bits per heavy atom. The quantitative estimate of drug-likeness (QED) is 0.795. The van der Waals surface area contributed by atoms with Gasteiger partial charge in [-0.15, -0.1) is 0 Å². The minimum absolute atomic E-state index is 0.0607. The summed E-state index contributed by atoms with van der Waals surface area (Å²) in [6.45, 7) is 0.471. The highest BCUT2D eigenvalue weighted by Gasteiger charge is 2.26. The number of carbonyl (C=O) groups excluding carboxylic acids is 1. The van der Waals surface area contributed by atoms with E-state index in [0.29, 0.717) is 12.2 Å². The van der Waals surface area contributed by atoms with Gasteiger partial charge in [-0.05, 0) is 49.4 Å². The highest BCUT2D eigenvalue weighted by Crippen LogP contribution is 2.26. The third-order valence-corrected chi connectivity index (χ3v) is 4.64. The molecule has 1 aliphatic carbocycles. The molecule has 3 aromatic rings. The maximum Gasteiger partial charge on any atom is 0.279 e. The van der Waals surface area contributed by atoms with Crippen LogP contribution in [-0.4, -0.2) is 21.1 Å². The van der Waals surface area contributed by atoms with Crippen molar-refractivity contribution in [3.05, 3.63) is 77.4 Å². The summed E-state index contributed by atoms with van der Waals surface area (Å²) in [5.74, 6) is -0.0607. The predicted molar refractivity (Wildman–Crippen MR) is 96.4 cm³/mol. The number of nitrogens with zero attached hydrogens (tertiary/aromatic N) is 3. The molecule has 25 heavy (non-hydrogen) atoms. The number of nitrogens with one attached hydrogen (secondary N) is 1. The second-order valence-corrected chi connectivity index (χ2v) is 6.32. The number of para-hydroxylation sites is 1. The van der Waals surface area contributed by atoms with Gasteiger partial charge in [-0.2, -0.15) is 5.10 Å². The molecule has 2 aromatic heterocycles. The number of carbonyl (C=O) groups is 1. The summed E-state index contributed by atoms with van der Waals surface area (Å²) >= 11 is 0. The molecule has 0 spiro atoms. The largest absolute Gasteiger partial charge is 0.302 e. The van der Waals surface area contributed by atoms with Gasteiger partial charge in [-0.3, -0.25) is 14.9 Å². The van der Waals surface area contributed by atoms with E-state index < -0.39 is 0 Å². The maximum atomic E-state index is 13.3. The Morgan fingerprint density at radius 2 is 1.92 bits per heavy atom. The molecule has 1 amide bonds. The van der Waals surface area contributed by atoms with Crippen molar-refractivity contribution in [3.8, 4) is 0 Å². The molecule has 0 saturated heterocycles. The first-order valence-corrected chi connectivity index (χ1v) is 8.65. The Morgan fingerprint density at radius 1 is 1.08 bits per heavy atom. The van der Waals surface area contributed by atoms with Gasteiger partial charge in [0.25, 0.3) is 5.91 Å². The Hall–Kier alpha value is -2.95. The van der Waals surface area contributed by atoms with Gasteiger partial charge in [0, 0.05) is 29.3 Å². The van der Waals surface area contributed by atoms with Gasteiger partial charge < -0.3 is 4.90 Å². The van der Waals surface area contributed by atoms with Crippen molar-refractivity contribution in [2.75, 3.05) is 4.90 Å². The van der Waals surface area contributed by atoms with Gasteiger partial charge in [-0.25, -0.2) is 0 Å². The summed E-state index contributed by atoms with van der Waals surface area (Å²) in [5.41, 5.74) is 4.61. The molecule has 1 aromatic carbocycles. The van der Waals surface area contributed by atoms with E-state index in [9.17, 15) is 4.79 Å². The zero-order valence-corrected chi connectivity index (χ0v) is 14.0. The highest BCUT2D eigenvalue weighted by atomic mass is 16.2. The fourth-order valence-electron chi connectivity index (χ4n) is 3.35.